The highest BCUT2D eigenvalue weighted by Crippen LogP contribution is 2.21. The number of amides is 1. The van der Waals surface area contributed by atoms with Crippen molar-refractivity contribution in [1.29, 1.82) is 0 Å². The van der Waals surface area contributed by atoms with Crippen LogP contribution in [0.2, 0.25) is 0 Å². The highest BCUT2D eigenvalue weighted by molar-refractivity contribution is 7.91. The number of nitrogens with one attached hydrogen (secondary N) is 2. The number of para-hydroxylation sites is 1. The molecule has 0 saturated carbocycles. The van der Waals surface area contributed by atoms with Crippen LogP contribution in [0.1, 0.15) is 15.9 Å². The molecule has 2 N–H and O–H groups in total. The van der Waals surface area contributed by atoms with E-state index in [0.717, 1.165) is 16.9 Å². The van der Waals surface area contributed by atoms with Gasteiger partial charge in [-0.2, -0.15) is 0 Å². The first-order valence-corrected chi connectivity index (χ1v) is 10.6. The maximum Gasteiger partial charge on any atom is 0.269 e. The Labute approximate surface area is 166 Å². The second kappa shape index (κ2) is 8.91. The van der Waals surface area contributed by atoms with Crippen LogP contribution in [0.3, 0.4) is 0 Å². The number of aromatic nitrogens is 2. The van der Waals surface area contributed by atoms with Crippen molar-refractivity contribution in [2.75, 3.05) is 18.5 Å². The van der Waals surface area contributed by atoms with E-state index in [4.69, 9.17) is 4.74 Å². The van der Waals surface area contributed by atoms with Crippen LogP contribution in [0.15, 0.2) is 58.9 Å². The van der Waals surface area contributed by atoms with E-state index in [-0.39, 0.29) is 28.5 Å². The van der Waals surface area contributed by atoms with Crippen molar-refractivity contribution >= 4 is 32.4 Å². The van der Waals surface area contributed by atoms with Crippen LogP contribution in [-0.2, 0) is 10.0 Å². The standard InChI is InChI=1S/C18H18N4O4S2/c1-13-7-5-6-10-15(13)16(23)20-17-21-22-18(27-17)28(24,25)19-11-12-26-14-8-3-2-4-9-14/h2-10,19H,11-12H2,1H3,(H,20,21,23). The van der Waals surface area contributed by atoms with E-state index in [1.165, 1.54) is 0 Å². The second-order valence-electron chi connectivity index (χ2n) is 5.70. The Kier molecular flexibility index (Phi) is 6.34. The molecule has 0 fully saturated rings. The van der Waals surface area contributed by atoms with Crippen molar-refractivity contribution in [2.24, 2.45) is 0 Å². The number of hydrogen-bond acceptors (Lipinski definition) is 7. The van der Waals surface area contributed by atoms with E-state index in [1.54, 1.807) is 24.3 Å². The van der Waals surface area contributed by atoms with Crippen LogP contribution in [-0.4, -0.2) is 37.7 Å². The number of carbonyl (C=O) groups is 1. The van der Waals surface area contributed by atoms with Crippen molar-refractivity contribution in [3.8, 4) is 5.75 Å². The van der Waals surface area contributed by atoms with Gasteiger partial charge in [0.25, 0.3) is 15.9 Å². The first-order valence-electron chi connectivity index (χ1n) is 8.34. The Morgan fingerprint density at radius 1 is 1.07 bits per heavy atom. The first-order chi connectivity index (χ1) is 13.5. The molecular formula is C18H18N4O4S2. The Balaban J connectivity index is 1.56. The molecule has 28 heavy (non-hydrogen) atoms. The highest BCUT2D eigenvalue weighted by atomic mass is 32.2. The van der Waals surface area contributed by atoms with Gasteiger partial charge in [-0.05, 0) is 30.7 Å². The second-order valence-corrected chi connectivity index (χ2v) is 8.62. The number of hydrogen-bond donors (Lipinski definition) is 2. The predicted octanol–water partition coefficient (Wildman–Crippen LogP) is 2.46. The van der Waals surface area contributed by atoms with Crippen molar-refractivity contribution in [3.63, 3.8) is 0 Å². The summed E-state index contributed by atoms with van der Waals surface area (Å²) in [6.07, 6.45) is 0. The lowest BCUT2D eigenvalue weighted by Gasteiger charge is -2.06. The van der Waals surface area contributed by atoms with E-state index < -0.39 is 10.0 Å². The smallest absolute Gasteiger partial charge is 0.269 e. The van der Waals surface area contributed by atoms with Gasteiger partial charge in [-0.3, -0.25) is 10.1 Å². The zero-order valence-electron chi connectivity index (χ0n) is 15.0. The number of ether oxygens (including phenoxy) is 1. The van der Waals surface area contributed by atoms with Crippen LogP contribution in [0.25, 0.3) is 0 Å². The summed E-state index contributed by atoms with van der Waals surface area (Å²) >= 11 is 0.778. The zero-order chi connectivity index (χ0) is 20.0. The van der Waals surface area contributed by atoms with E-state index in [9.17, 15) is 13.2 Å². The van der Waals surface area contributed by atoms with E-state index in [0.29, 0.717) is 11.3 Å². The average Bonchev–Trinajstić information content (AvgIpc) is 3.16. The molecule has 1 amide bonds. The predicted molar refractivity (Wildman–Crippen MR) is 106 cm³/mol. The SMILES string of the molecule is Cc1ccccc1C(=O)Nc1nnc(S(=O)(=O)NCCOc2ccccc2)s1. The Morgan fingerprint density at radius 3 is 2.54 bits per heavy atom. The van der Waals surface area contributed by atoms with Gasteiger partial charge < -0.3 is 4.74 Å². The number of nitrogens with zero attached hydrogens (tertiary/aromatic N) is 2. The minimum atomic E-state index is -3.84. The summed E-state index contributed by atoms with van der Waals surface area (Å²) < 4.78 is 32.2. The maximum absolute atomic E-state index is 12.3. The molecular weight excluding hydrogens is 400 g/mol. The molecule has 0 aliphatic rings. The summed E-state index contributed by atoms with van der Waals surface area (Å²) in [6, 6.07) is 16.1. The number of aryl methyl sites for hydroxylation is 1. The first kappa shape index (κ1) is 19.9. The molecule has 0 spiro atoms. The summed E-state index contributed by atoms with van der Waals surface area (Å²) in [5, 5.41) is 10.1. The molecule has 146 valence electrons. The summed E-state index contributed by atoms with van der Waals surface area (Å²) in [7, 11) is -3.84. The molecule has 0 atom stereocenters. The molecule has 10 heteroatoms. The fourth-order valence-electron chi connectivity index (χ4n) is 2.28. The molecule has 0 bridgehead atoms. The van der Waals surface area contributed by atoms with Gasteiger partial charge >= 0.3 is 0 Å². The van der Waals surface area contributed by atoms with Gasteiger partial charge in [0.1, 0.15) is 12.4 Å². The Morgan fingerprint density at radius 2 is 1.79 bits per heavy atom. The van der Waals surface area contributed by atoms with E-state index in [2.05, 4.69) is 20.2 Å². The molecule has 0 aliphatic heterocycles. The molecule has 1 heterocycles. The molecule has 0 aliphatic carbocycles. The molecule has 0 radical (unpaired) electrons. The van der Waals surface area contributed by atoms with Gasteiger partial charge in [0.15, 0.2) is 0 Å². The largest absolute Gasteiger partial charge is 0.492 e. The number of benzene rings is 2. The van der Waals surface area contributed by atoms with E-state index in [1.807, 2.05) is 37.3 Å². The van der Waals surface area contributed by atoms with Crippen molar-refractivity contribution in [1.82, 2.24) is 14.9 Å². The monoisotopic (exact) mass is 418 g/mol. The van der Waals surface area contributed by atoms with Gasteiger partial charge in [-0.25, -0.2) is 13.1 Å². The minimum absolute atomic E-state index is 0.0711. The molecule has 1 aromatic heterocycles. The Hall–Kier alpha value is -2.82. The van der Waals surface area contributed by atoms with Gasteiger partial charge in [0, 0.05) is 12.1 Å². The molecule has 0 saturated heterocycles. The maximum atomic E-state index is 12.3. The van der Waals surface area contributed by atoms with E-state index >= 15 is 0 Å². The van der Waals surface area contributed by atoms with Crippen molar-refractivity contribution < 1.29 is 17.9 Å². The summed E-state index contributed by atoms with van der Waals surface area (Å²) in [6.45, 7) is 2.05. The van der Waals surface area contributed by atoms with Gasteiger partial charge in [-0.1, -0.05) is 47.7 Å². The van der Waals surface area contributed by atoms with Crippen LogP contribution in [0, 0.1) is 6.92 Å². The number of anilines is 1. The minimum Gasteiger partial charge on any atom is -0.492 e. The summed E-state index contributed by atoms with van der Waals surface area (Å²) in [4.78, 5) is 12.3. The number of sulfonamides is 1. The van der Waals surface area contributed by atoms with Crippen LogP contribution in [0.4, 0.5) is 5.13 Å². The topological polar surface area (TPSA) is 110 Å². The molecule has 8 nitrogen and oxygen atoms in total. The average molecular weight is 419 g/mol. The number of carbonyl (C=O) groups excluding carboxylic acids is 1. The summed E-state index contributed by atoms with van der Waals surface area (Å²) in [5.41, 5.74) is 1.29. The van der Waals surface area contributed by atoms with Crippen LogP contribution >= 0.6 is 11.3 Å². The lowest BCUT2D eigenvalue weighted by Crippen LogP contribution is -2.28. The summed E-state index contributed by atoms with van der Waals surface area (Å²) in [5.74, 6) is 0.279. The molecule has 3 aromatic rings. The number of rotatable bonds is 8. The normalized spacial score (nSPS) is 11.2. The lowest BCUT2D eigenvalue weighted by atomic mass is 10.1. The third-order valence-corrected chi connectivity index (χ3v) is 6.32. The van der Waals surface area contributed by atoms with Crippen LogP contribution in [0.5, 0.6) is 5.75 Å². The molecule has 2 aromatic carbocycles. The quantitative estimate of drug-likeness (QED) is 0.429. The van der Waals surface area contributed by atoms with Crippen molar-refractivity contribution in [3.05, 3.63) is 65.7 Å². The third kappa shape index (κ3) is 5.12. The zero-order valence-corrected chi connectivity index (χ0v) is 16.6. The molecule has 3 rings (SSSR count). The lowest BCUT2D eigenvalue weighted by molar-refractivity contribution is 0.102. The van der Waals surface area contributed by atoms with Gasteiger partial charge in [-0.15, -0.1) is 10.2 Å². The van der Waals surface area contributed by atoms with Crippen molar-refractivity contribution in [2.45, 2.75) is 11.3 Å². The fourth-order valence-corrected chi connectivity index (χ4v) is 4.23. The highest BCUT2D eigenvalue weighted by Gasteiger charge is 2.21. The fraction of sp³-hybridized carbons (Fsp3) is 0.167. The third-order valence-electron chi connectivity index (χ3n) is 3.65. The van der Waals surface area contributed by atoms with Gasteiger partial charge in [0.05, 0.1) is 0 Å². The Bertz CT molecular complexity index is 1050. The van der Waals surface area contributed by atoms with Gasteiger partial charge in [0.2, 0.25) is 9.47 Å². The molecule has 0 unspecified atom stereocenters. The van der Waals surface area contributed by atoms with Crippen LogP contribution < -0.4 is 14.8 Å².